The monoisotopic (exact) mass is 386 g/mol. The quantitative estimate of drug-likeness (QED) is 0.528. The highest BCUT2D eigenvalue weighted by atomic mass is 127. The number of hydrogen-bond donors (Lipinski definition) is 0. The molecule has 0 saturated carbocycles. The first-order valence-electron chi connectivity index (χ1n) is 7.48. The van der Waals surface area contributed by atoms with Gasteiger partial charge in [-0.2, -0.15) is 0 Å². The second kappa shape index (κ2) is 7.41. The van der Waals surface area contributed by atoms with Crippen molar-refractivity contribution in [3.8, 4) is 0 Å². The summed E-state index contributed by atoms with van der Waals surface area (Å²) in [5, 5.41) is 0. The molecule has 0 spiro atoms. The molecule has 0 saturated heterocycles. The van der Waals surface area contributed by atoms with Crippen LogP contribution in [0.4, 0.5) is 5.69 Å². The number of rotatable bonds is 7. The smallest absolute Gasteiger partial charge is 0.185 e. The minimum absolute atomic E-state index is 0.266. The molecule has 0 atom stereocenters. The highest BCUT2D eigenvalue weighted by molar-refractivity contribution is 14.1. The Bertz CT molecular complexity index is 470. The number of carbonyl (C=O) groups excluding carboxylic acids is 1. The third kappa shape index (κ3) is 3.52. The molecule has 1 heterocycles. The fourth-order valence-corrected chi connectivity index (χ4v) is 3.57. The molecular formula is C16H23IN2O. The molecule has 2 rings (SSSR count). The molecule has 1 aromatic rings. The molecule has 0 aromatic heterocycles. The number of halogens is 1. The second-order valence-electron chi connectivity index (χ2n) is 5.35. The summed E-state index contributed by atoms with van der Waals surface area (Å²) in [6.07, 6.45) is 3.35. The first-order chi connectivity index (χ1) is 9.67. The molecule has 1 aliphatic heterocycles. The second-order valence-corrected chi connectivity index (χ2v) is 6.51. The summed E-state index contributed by atoms with van der Waals surface area (Å²) in [6.45, 7) is 8.30. The number of nitrogens with zero attached hydrogens (tertiary/aromatic N) is 2. The van der Waals surface area contributed by atoms with Crippen molar-refractivity contribution in [2.75, 3.05) is 29.3 Å². The topological polar surface area (TPSA) is 23.6 Å². The van der Waals surface area contributed by atoms with Crippen molar-refractivity contribution >= 4 is 34.3 Å². The molecule has 1 aliphatic rings. The number of anilines is 1. The van der Waals surface area contributed by atoms with E-state index in [1.165, 1.54) is 18.4 Å². The van der Waals surface area contributed by atoms with Gasteiger partial charge in [-0.15, -0.1) is 0 Å². The van der Waals surface area contributed by atoms with Gasteiger partial charge in [-0.3, -0.25) is 4.79 Å². The lowest BCUT2D eigenvalue weighted by Crippen LogP contribution is -2.28. The van der Waals surface area contributed by atoms with Crippen LogP contribution in [-0.4, -0.2) is 36.9 Å². The van der Waals surface area contributed by atoms with Crippen molar-refractivity contribution in [2.24, 2.45) is 0 Å². The first kappa shape index (κ1) is 15.8. The van der Waals surface area contributed by atoms with Crippen molar-refractivity contribution in [3.05, 3.63) is 29.3 Å². The first-order valence-corrected chi connectivity index (χ1v) is 8.44. The molecule has 0 unspecified atom stereocenters. The van der Waals surface area contributed by atoms with Gasteiger partial charge in [0.2, 0.25) is 0 Å². The average Bonchev–Trinajstić information content (AvgIpc) is 2.73. The maximum absolute atomic E-state index is 12.1. The molecular weight excluding hydrogens is 363 g/mol. The lowest BCUT2D eigenvalue weighted by atomic mass is 10.0. The highest BCUT2D eigenvalue weighted by Gasteiger charge is 2.27. The van der Waals surface area contributed by atoms with Crippen LogP contribution in [-0.2, 0) is 6.42 Å². The third-order valence-electron chi connectivity index (χ3n) is 3.73. The van der Waals surface area contributed by atoms with Gasteiger partial charge < -0.3 is 8.01 Å². The molecule has 110 valence electrons. The summed E-state index contributed by atoms with van der Waals surface area (Å²) in [7, 11) is 0. The van der Waals surface area contributed by atoms with Crippen molar-refractivity contribution in [3.63, 3.8) is 0 Å². The third-order valence-corrected chi connectivity index (χ3v) is 4.59. The molecule has 0 bridgehead atoms. The molecule has 0 fully saturated rings. The number of fused-ring (bicyclic) bond motifs is 1. The number of ketones is 1. The van der Waals surface area contributed by atoms with Gasteiger partial charge in [-0.1, -0.05) is 26.0 Å². The van der Waals surface area contributed by atoms with E-state index in [9.17, 15) is 4.79 Å². The lowest BCUT2D eigenvalue weighted by molar-refractivity contribution is 0.101. The molecule has 1 aromatic carbocycles. The van der Waals surface area contributed by atoms with Crippen LogP contribution in [0.25, 0.3) is 0 Å². The van der Waals surface area contributed by atoms with Gasteiger partial charge in [0.1, 0.15) is 0 Å². The fourth-order valence-electron chi connectivity index (χ4n) is 2.86. The molecule has 0 aliphatic carbocycles. The number of benzene rings is 1. The van der Waals surface area contributed by atoms with Crippen molar-refractivity contribution in [2.45, 2.75) is 33.1 Å². The van der Waals surface area contributed by atoms with E-state index in [0.29, 0.717) is 6.54 Å². The molecule has 0 amide bonds. The Balaban J connectivity index is 2.09. The highest BCUT2D eigenvalue weighted by Crippen LogP contribution is 2.33. The normalized spacial score (nSPS) is 14.2. The molecule has 4 heteroatoms. The molecule has 0 radical (unpaired) electrons. The minimum Gasteiger partial charge on any atom is -0.306 e. The number of carbonyl (C=O) groups is 1. The van der Waals surface area contributed by atoms with Gasteiger partial charge in [0.05, 0.1) is 35.1 Å². The summed E-state index contributed by atoms with van der Waals surface area (Å²) in [5.41, 5.74) is 3.25. The Morgan fingerprint density at radius 1 is 1.20 bits per heavy atom. The van der Waals surface area contributed by atoms with Crippen molar-refractivity contribution in [1.82, 2.24) is 4.90 Å². The Morgan fingerprint density at radius 3 is 2.55 bits per heavy atom. The maximum atomic E-state index is 12.1. The summed E-state index contributed by atoms with van der Waals surface area (Å²) < 4.78 is 2.02. The molecule has 0 N–H and O–H groups in total. The Morgan fingerprint density at radius 2 is 1.90 bits per heavy atom. The Kier molecular flexibility index (Phi) is 5.84. The Hall–Kier alpha value is -0.620. The van der Waals surface area contributed by atoms with E-state index < -0.39 is 0 Å². The minimum atomic E-state index is 0.266. The zero-order valence-corrected chi connectivity index (χ0v) is 14.5. The standard InChI is InChI=1S/C16H23IN2O/c1-3-9-18(10-4-2)11-8-13-6-5-7-14-16(13)15(20)12-19(14)17/h5-7H,3-4,8-12H2,1-2H3. The predicted octanol–water partition coefficient (Wildman–Crippen LogP) is 3.70. The zero-order chi connectivity index (χ0) is 14.5. The van der Waals surface area contributed by atoms with Gasteiger partial charge >= 0.3 is 0 Å². The van der Waals surface area contributed by atoms with Gasteiger partial charge in [0, 0.05) is 12.1 Å². The lowest BCUT2D eigenvalue weighted by Gasteiger charge is -2.21. The number of Topliss-reactive ketones (excluding diaryl/α,β-unsaturated/α-hetero) is 1. The maximum Gasteiger partial charge on any atom is 0.185 e. The van der Waals surface area contributed by atoms with E-state index in [-0.39, 0.29) is 5.78 Å². The van der Waals surface area contributed by atoms with E-state index in [2.05, 4.69) is 53.7 Å². The van der Waals surface area contributed by atoms with E-state index in [4.69, 9.17) is 0 Å². The van der Waals surface area contributed by atoms with Crippen LogP contribution in [0.5, 0.6) is 0 Å². The van der Waals surface area contributed by atoms with Gasteiger partial charge in [-0.05, 0) is 44.0 Å². The van der Waals surface area contributed by atoms with Crippen LogP contribution in [0.3, 0.4) is 0 Å². The van der Waals surface area contributed by atoms with Crippen LogP contribution < -0.4 is 3.11 Å². The summed E-state index contributed by atoms with van der Waals surface area (Å²) in [4.78, 5) is 14.6. The van der Waals surface area contributed by atoms with Crippen LogP contribution >= 0.6 is 22.9 Å². The van der Waals surface area contributed by atoms with Gasteiger partial charge in [0.15, 0.2) is 5.78 Å². The van der Waals surface area contributed by atoms with E-state index in [1.54, 1.807) is 0 Å². The van der Waals surface area contributed by atoms with Crippen molar-refractivity contribution < 1.29 is 4.79 Å². The van der Waals surface area contributed by atoms with Crippen molar-refractivity contribution in [1.29, 1.82) is 0 Å². The van der Waals surface area contributed by atoms with Crippen LogP contribution in [0, 0.1) is 0 Å². The SMILES string of the molecule is CCCN(CCC)CCc1cccc2c1C(=O)CN2I. The van der Waals surface area contributed by atoms with Gasteiger partial charge in [0.25, 0.3) is 0 Å². The summed E-state index contributed by atoms with van der Waals surface area (Å²) in [6, 6.07) is 6.23. The van der Waals surface area contributed by atoms with E-state index in [0.717, 1.165) is 37.3 Å². The molecule has 20 heavy (non-hydrogen) atoms. The van der Waals surface area contributed by atoms with Gasteiger partial charge in [-0.25, -0.2) is 0 Å². The largest absolute Gasteiger partial charge is 0.306 e. The summed E-state index contributed by atoms with van der Waals surface area (Å²) in [5.74, 6) is 0.266. The fraction of sp³-hybridized carbons (Fsp3) is 0.562. The Labute approximate surface area is 135 Å². The zero-order valence-electron chi connectivity index (χ0n) is 12.4. The average molecular weight is 386 g/mol. The molecule has 3 nitrogen and oxygen atoms in total. The summed E-state index contributed by atoms with van der Waals surface area (Å²) >= 11 is 2.23. The predicted molar refractivity (Wildman–Crippen MR) is 92.9 cm³/mol. The van der Waals surface area contributed by atoms with Crippen LogP contribution in [0.2, 0.25) is 0 Å². The van der Waals surface area contributed by atoms with Crippen LogP contribution in [0.1, 0.15) is 42.6 Å². The van der Waals surface area contributed by atoms with E-state index >= 15 is 0 Å². The van der Waals surface area contributed by atoms with E-state index in [1.807, 2.05) is 9.18 Å². The number of hydrogen-bond acceptors (Lipinski definition) is 3. The van der Waals surface area contributed by atoms with Crippen LogP contribution in [0.15, 0.2) is 18.2 Å².